The maximum atomic E-state index is 12.5. The van der Waals surface area contributed by atoms with E-state index in [0.717, 1.165) is 25.4 Å². The van der Waals surface area contributed by atoms with Gasteiger partial charge < -0.3 is 19.1 Å². The average molecular weight is 432 g/mol. The van der Waals surface area contributed by atoms with E-state index < -0.39 is 6.61 Å². The lowest BCUT2D eigenvalue weighted by molar-refractivity contribution is -0.127. The summed E-state index contributed by atoms with van der Waals surface area (Å²) in [5.41, 5.74) is 0.656. The van der Waals surface area contributed by atoms with Crippen molar-refractivity contribution in [2.75, 3.05) is 46.4 Å². The number of methoxy groups -OCH3 is 1. The van der Waals surface area contributed by atoms with Crippen molar-refractivity contribution >= 4 is 12.0 Å². The average Bonchev–Trinajstić information content (AvgIpc) is 2.79. The minimum Gasteiger partial charge on any atom is -0.493 e. The zero-order chi connectivity index (χ0) is 22.1. The van der Waals surface area contributed by atoms with Gasteiger partial charge in [-0.15, -0.1) is 0 Å². The maximum Gasteiger partial charge on any atom is 0.387 e. The highest BCUT2D eigenvalue weighted by Crippen LogP contribution is 2.29. The molecule has 1 heterocycles. The van der Waals surface area contributed by atoms with Gasteiger partial charge in [0.25, 0.3) is 0 Å². The molecule has 0 radical (unpaired) electrons. The standard InChI is InChI=1S/C23H26F2N2O4/c1-29-21-17-18(7-9-20(21)31-23(24)25)8-10-22(28)27-13-11-26(12-14-27)15-16-30-19-5-3-2-4-6-19/h2-10,17,23H,11-16H2,1H3/b10-8+. The molecule has 31 heavy (non-hydrogen) atoms. The highest BCUT2D eigenvalue weighted by atomic mass is 19.3. The number of carbonyl (C=O) groups is 1. The summed E-state index contributed by atoms with van der Waals surface area (Å²) in [4.78, 5) is 16.5. The number of rotatable bonds is 9. The Morgan fingerprint density at radius 2 is 1.81 bits per heavy atom. The van der Waals surface area contributed by atoms with Crippen molar-refractivity contribution in [3.63, 3.8) is 0 Å². The minimum atomic E-state index is -2.93. The zero-order valence-electron chi connectivity index (χ0n) is 17.4. The number of para-hydroxylation sites is 1. The summed E-state index contributed by atoms with van der Waals surface area (Å²) >= 11 is 0. The summed E-state index contributed by atoms with van der Waals surface area (Å²) < 4.78 is 40.0. The molecule has 6 nitrogen and oxygen atoms in total. The smallest absolute Gasteiger partial charge is 0.387 e. The molecule has 3 rings (SSSR count). The van der Waals surface area contributed by atoms with Crippen LogP contribution in [0.25, 0.3) is 6.08 Å². The summed E-state index contributed by atoms with van der Waals surface area (Å²) in [6.07, 6.45) is 3.12. The van der Waals surface area contributed by atoms with Crippen LogP contribution in [0.15, 0.2) is 54.6 Å². The number of carbonyl (C=O) groups excluding carboxylic acids is 1. The van der Waals surface area contributed by atoms with E-state index in [9.17, 15) is 13.6 Å². The molecule has 0 aromatic heterocycles. The van der Waals surface area contributed by atoms with Crippen LogP contribution < -0.4 is 14.2 Å². The van der Waals surface area contributed by atoms with Gasteiger partial charge in [0, 0.05) is 38.8 Å². The van der Waals surface area contributed by atoms with Crippen molar-refractivity contribution in [2.24, 2.45) is 0 Å². The predicted octanol–water partition coefficient (Wildman–Crippen LogP) is 3.53. The van der Waals surface area contributed by atoms with E-state index in [1.54, 1.807) is 23.1 Å². The normalized spacial score (nSPS) is 14.8. The number of piperazine rings is 1. The van der Waals surface area contributed by atoms with Crippen LogP contribution in [0.4, 0.5) is 8.78 Å². The largest absolute Gasteiger partial charge is 0.493 e. The molecule has 0 saturated carbocycles. The summed E-state index contributed by atoms with van der Waals surface area (Å²) in [5, 5.41) is 0. The van der Waals surface area contributed by atoms with Gasteiger partial charge >= 0.3 is 6.61 Å². The molecular formula is C23H26F2N2O4. The van der Waals surface area contributed by atoms with E-state index in [1.807, 2.05) is 30.3 Å². The third-order valence-corrected chi connectivity index (χ3v) is 4.93. The van der Waals surface area contributed by atoms with Gasteiger partial charge in [-0.25, -0.2) is 0 Å². The summed E-state index contributed by atoms with van der Waals surface area (Å²) in [5.74, 6) is 0.897. The molecule has 1 fully saturated rings. The first-order valence-corrected chi connectivity index (χ1v) is 10.0. The third kappa shape index (κ3) is 6.96. The number of alkyl halides is 2. The zero-order valence-corrected chi connectivity index (χ0v) is 17.4. The molecule has 1 amide bonds. The van der Waals surface area contributed by atoms with E-state index in [2.05, 4.69) is 9.64 Å². The first-order chi connectivity index (χ1) is 15.0. The van der Waals surface area contributed by atoms with E-state index in [0.29, 0.717) is 25.3 Å². The molecule has 0 aliphatic carbocycles. The number of amides is 1. The monoisotopic (exact) mass is 432 g/mol. The lowest BCUT2D eigenvalue weighted by atomic mass is 10.2. The molecule has 0 spiro atoms. The van der Waals surface area contributed by atoms with E-state index in [1.165, 1.54) is 19.3 Å². The van der Waals surface area contributed by atoms with Crippen LogP contribution in [0.5, 0.6) is 17.2 Å². The molecule has 0 bridgehead atoms. The van der Waals surface area contributed by atoms with Crippen LogP contribution in [0, 0.1) is 0 Å². The van der Waals surface area contributed by atoms with Crippen LogP contribution in [0.1, 0.15) is 5.56 Å². The Labute approximate surface area is 180 Å². The van der Waals surface area contributed by atoms with Crippen molar-refractivity contribution in [1.82, 2.24) is 9.80 Å². The fourth-order valence-corrected chi connectivity index (χ4v) is 3.26. The van der Waals surface area contributed by atoms with Gasteiger partial charge in [-0.3, -0.25) is 9.69 Å². The van der Waals surface area contributed by atoms with Crippen molar-refractivity contribution in [2.45, 2.75) is 6.61 Å². The lowest BCUT2D eigenvalue weighted by Gasteiger charge is -2.34. The molecule has 1 aliphatic heterocycles. The fraction of sp³-hybridized carbons (Fsp3) is 0.348. The quantitative estimate of drug-likeness (QED) is 0.568. The molecule has 2 aromatic rings. The SMILES string of the molecule is COc1cc(/C=C/C(=O)N2CCN(CCOc3ccccc3)CC2)ccc1OC(F)F. The van der Waals surface area contributed by atoms with Crippen LogP contribution in [0.2, 0.25) is 0 Å². The molecule has 0 N–H and O–H groups in total. The van der Waals surface area contributed by atoms with Gasteiger partial charge in [-0.2, -0.15) is 8.78 Å². The highest BCUT2D eigenvalue weighted by Gasteiger charge is 2.19. The third-order valence-electron chi connectivity index (χ3n) is 4.93. The van der Waals surface area contributed by atoms with Gasteiger partial charge in [0.1, 0.15) is 12.4 Å². The Hall–Kier alpha value is -3.13. The molecule has 1 saturated heterocycles. The van der Waals surface area contributed by atoms with Crippen LogP contribution >= 0.6 is 0 Å². The second-order valence-electron chi connectivity index (χ2n) is 6.95. The minimum absolute atomic E-state index is 0.0478. The topological polar surface area (TPSA) is 51.2 Å². The first kappa shape index (κ1) is 22.6. The second kappa shape index (κ2) is 11.3. The number of benzene rings is 2. The number of nitrogens with zero attached hydrogens (tertiary/aromatic N) is 2. The van der Waals surface area contributed by atoms with Crippen LogP contribution in [-0.2, 0) is 4.79 Å². The molecule has 1 aliphatic rings. The molecule has 2 aromatic carbocycles. The Morgan fingerprint density at radius 3 is 2.48 bits per heavy atom. The van der Waals surface area contributed by atoms with Crippen molar-refractivity contribution < 1.29 is 27.8 Å². The maximum absolute atomic E-state index is 12.5. The molecular weight excluding hydrogens is 406 g/mol. The summed E-state index contributed by atoms with van der Waals surface area (Å²) in [6, 6.07) is 14.2. The van der Waals surface area contributed by atoms with E-state index in [4.69, 9.17) is 9.47 Å². The summed E-state index contributed by atoms with van der Waals surface area (Å²) in [6.45, 7) is 1.32. The number of halogens is 2. The molecule has 8 heteroatoms. The number of hydrogen-bond donors (Lipinski definition) is 0. The van der Waals surface area contributed by atoms with Crippen molar-refractivity contribution in [3.8, 4) is 17.2 Å². The Bertz CT molecular complexity index is 869. The van der Waals surface area contributed by atoms with Gasteiger partial charge in [-0.1, -0.05) is 24.3 Å². The highest BCUT2D eigenvalue weighted by molar-refractivity contribution is 5.92. The fourth-order valence-electron chi connectivity index (χ4n) is 3.26. The van der Waals surface area contributed by atoms with Crippen LogP contribution in [0.3, 0.4) is 0 Å². The van der Waals surface area contributed by atoms with Gasteiger partial charge in [0.2, 0.25) is 5.91 Å². The lowest BCUT2D eigenvalue weighted by Crippen LogP contribution is -2.49. The number of ether oxygens (including phenoxy) is 3. The molecule has 0 atom stereocenters. The Morgan fingerprint density at radius 1 is 1.06 bits per heavy atom. The number of hydrogen-bond acceptors (Lipinski definition) is 5. The van der Waals surface area contributed by atoms with Gasteiger partial charge in [-0.05, 0) is 35.9 Å². The Balaban J connectivity index is 1.44. The molecule has 166 valence electrons. The summed E-state index contributed by atoms with van der Waals surface area (Å²) in [7, 11) is 1.37. The van der Waals surface area contributed by atoms with Crippen molar-refractivity contribution in [3.05, 3.63) is 60.2 Å². The van der Waals surface area contributed by atoms with Crippen molar-refractivity contribution in [1.29, 1.82) is 0 Å². The van der Waals surface area contributed by atoms with Gasteiger partial charge in [0.15, 0.2) is 11.5 Å². The second-order valence-corrected chi connectivity index (χ2v) is 6.95. The predicted molar refractivity (Wildman–Crippen MR) is 114 cm³/mol. The first-order valence-electron chi connectivity index (χ1n) is 10.0. The van der Waals surface area contributed by atoms with E-state index >= 15 is 0 Å². The van der Waals surface area contributed by atoms with E-state index in [-0.39, 0.29) is 17.4 Å². The van der Waals surface area contributed by atoms with Crippen LogP contribution in [-0.4, -0.2) is 68.8 Å². The Kier molecular flexibility index (Phi) is 8.23. The molecule has 0 unspecified atom stereocenters. The van der Waals surface area contributed by atoms with Gasteiger partial charge in [0.05, 0.1) is 7.11 Å².